The maximum absolute atomic E-state index is 11.8. The molecule has 0 saturated heterocycles. The molecule has 0 radical (unpaired) electrons. The van der Waals surface area contributed by atoms with Gasteiger partial charge >= 0.3 is 0 Å². The van der Waals surface area contributed by atoms with E-state index >= 15 is 0 Å². The molecule has 0 fully saturated rings. The Balaban J connectivity index is 2.43. The molecule has 0 saturated carbocycles. The molecular formula is C16H26N2O3. The van der Waals surface area contributed by atoms with Crippen molar-refractivity contribution in [2.24, 2.45) is 5.73 Å². The second-order valence-electron chi connectivity index (χ2n) is 4.98. The van der Waals surface area contributed by atoms with Gasteiger partial charge < -0.3 is 20.5 Å². The average Bonchev–Trinajstić information content (AvgIpc) is 2.51. The van der Waals surface area contributed by atoms with Crippen molar-refractivity contribution >= 4 is 5.91 Å². The number of ether oxygens (including phenoxy) is 2. The molecule has 0 aliphatic carbocycles. The number of methoxy groups -OCH3 is 1. The normalized spacial score (nSPS) is 13.5. The molecule has 1 amide bonds. The number of carbonyl (C=O) groups excluding carboxylic acids is 1. The van der Waals surface area contributed by atoms with Crippen LogP contribution in [0.25, 0.3) is 0 Å². The quantitative estimate of drug-likeness (QED) is 0.683. The third-order valence-corrected chi connectivity index (χ3v) is 3.25. The summed E-state index contributed by atoms with van der Waals surface area (Å²) in [7, 11) is 1.64. The lowest BCUT2D eigenvalue weighted by atomic mass is 10.1. The van der Waals surface area contributed by atoms with E-state index in [-0.39, 0.29) is 11.9 Å². The van der Waals surface area contributed by atoms with Crippen LogP contribution in [0.15, 0.2) is 24.3 Å². The number of rotatable bonds is 9. The Morgan fingerprint density at radius 1 is 1.33 bits per heavy atom. The van der Waals surface area contributed by atoms with Crippen molar-refractivity contribution < 1.29 is 14.3 Å². The van der Waals surface area contributed by atoms with Crippen molar-refractivity contribution in [2.75, 3.05) is 20.3 Å². The number of hydrogen-bond acceptors (Lipinski definition) is 4. The summed E-state index contributed by atoms with van der Waals surface area (Å²) in [4.78, 5) is 11.8. The lowest BCUT2D eigenvalue weighted by Gasteiger charge is -2.15. The van der Waals surface area contributed by atoms with Crippen molar-refractivity contribution in [3.05, 3.63) is 29.8 Å². The minimum atomic E-state index is -0.529. The molecule has 0 aliphatic heterocycles. The van der Waals surface area contributed by atoms with Gasteiger partial charge in [-0.05, 0) is 37.5 Å². The Hall–Kier alpha value is -1.59. The smallest absolute Gasteiger partial charge is 0.260 e. The van der Waals surface area contributed by atoms with E-state index in [0.717, 1.165) is 18.4 Å². The fourth-order valence-corrected chi connectivity index (χ4v) is 1.86. The second-order valence-corrected chi connectivity index (χ2v) is 4.98. The van der Waals surface area contributed by atoms with E-state index in [0.29, 0.717) is 18.9 Å². The highest BCUT2D eigenvalue weighted by molar-refractivity contribution is 5.80. The van der Waals surface area contributed by atoms with Gasteiger partial charge in [0.05, 0.1) is 0 Å². The highest BCUT2D eigenvalue weighted by Gasteiger charge is 2.14. The van der Waals surface area contributed by atoms with E-state index in [1.54, 1.807) is 14.0 Å². The molecule has 21 heavy (non-hydrogen) atoms. The fourth-order valence-electron chi connectivity index (χ4n) is 1.86. The van der Waals surface area contributed by atoms with E-state index in [1.165, 1.54) is 0 Å². The first-order chi connectivity index (χ1) is 10.1. The van der Waals surface area contributed by atoms with Crippen LogP contribution in [0, 0.1) is 0 Å². The van der Waals surface area contributed by atoms with Gasteiger partial charge in [-0.2, -0.15) is 0 Å². The number of nitrogens with two attached hydrogens (primary N) is 1. The first-order valence-corrected chi connectivity index (χ1v) is 7.37. The van der Waals surface area contributed by atoms with Crippen LogP contribution >= 0.6 is 0 Å². The molecule has 5 nitrogen and oxygen atoms in total. The number of benzene rings is 1. The first-order valence-electron chi connectivity index (χ1n) is 7.37. The summed E-state index contributed by atoms with van der Waals surface area (Å²) in [6.45, 7) is 5.00. The highest BCUT2D eigenvalue weighted by Crippen LogP contribution is 2.19. The first kappa shape index (κ1) is 17.5. The minimum absolute atomic E-state index is 0.0422. The summed E-state index contributed by atoms with van der Waals surface area (Å²) >= 11 is 0. The van der Waals surface area contributed by atoms with E-state index < -0.39 is 6.10 Å². The predicted octanol–water partition coefficient (Wildman–Crippen LogP) is 2.02. The maximum atomic E-state index is 11.8. The van der Waals surface area contributed by atoms with Gasteiger partial charge in [0.15, 0.2) is 6.10 Å². The summed E-state index contributed by atoms with van der Waals surface area (Å²) in [5, 5.41) is 2.81. The third kappa shape index (κ3) is 6.14. The number of amides is 1. The molecule has 1 unspecified atom stereocenters. The van der Waals surface area contributed by atoms with Crippen LogP contribution in [0.1, 0.15) is 38.3 Å². The Morgan fingerprint density at radius 2 is 2.00 bits per heavy atom. The Kier molecular flexibility index (Phi) is 7.79. The van der Waals surface area contributed by atoms with Crippen molar-refractivity contribution in [2.45, 2.75) is 38.8 Å². The molecule has 0 heterocycles. The maximum Gasteiger partial charge on any atom is 0.260 e. The topological polar surface area (TPSA) is 73.6 Å². The molecule has 3 N–H and O–H groups in total. The van der Waals surface area contributed by atoms with Crippen molar-refractivity contribution in [3.63, 3.8) is 0 Å². The van der Waals surface area contributed by atoms with Crippen LogP contribution in [0.4, 0.5) is 0 Å². The zero-order chi connectivity index (χ0) is 15.7. The molecule has 1 aromatic rings. The molecule has 2 atom stereocenters. The van der Waals surface area contributed by atoms with Crippen LogP contribution in [0.5, 0.6) is 5.75 Å². The fraction of sp³-hybridized carbons (Fsp3) is 0.562. The zero-order valence-electron chi connectivity index (χ0n) is 13.1. The summed E-state index contributed by atoms with van der Waals surface area (Å²) in [6.07, 6.45) is 1.15. The molecule has 0 bridgehead atoms. The van der Waals surface area contributed by atoms with Crippen molar-refractivity contribution in [1.29, 1.82) is 0 Å². The molecule has 0 aromatic heterocycles. The largest absolute Gasteiger partial charge is 0.481 e. The molecule has 1 aromatic carbocycles. The lowest BCUT2D eigenvalue weighted by Crippen LogP contribution is -2.37. The minimum Gasteiger partial charge on any atom is -0.481 e. The predicted molar refractivity (Wildman–Crippen MR) is 83.3 cm³/mol. The molecular weight excluding hydrogens is 268 g/mol. The SMILES string of the molecule is CC[C@@H](N)c1ccc(OC(C)C(=O)NCCCOC)cc1. The summed E-state index contributed by atoms with van der Waals surface area (Å²) < 4.78 is 10.5. The van der Waals surface area contributed by atoms with E-state index in [1.807, 2.05) is 31.2 Å². The van der Waals surface area contributed by atoms with Crippen LogP contribution < -0.4 is 15.8 Å². The zero-order valence-corrected chi connectivity index (χ0v) is 13.1. The Labute approximate surface area is 126 Å². The van der Waals surface area contributed by atoms with Gasteiger partial charge in [0.2, 0.25) is 0 Å². The summed E-state index contributed by atoms with van der Waals surface area (Å²) in [5.74, 6) is 0.544. The third-order valence-electron chi connectivity index (χ3n) is 3.25. The van der Waals surface area contributed by atoms with Gasteiger partial charge in [0.25, 0.3) is 5.91 Å². The van der Waals surface area contributed by atoms with Gasteiger partial charge in [-0.25, -0.2) is 0 Å². The van der Waals surface area contributed by atoms with Gasteiger partial charge in [0, 0.05) is 26.3 Å². The molecule has 1 rings (SSSR count). The highest BCUT2D eigenvalue weighted by atomic mass is 16.5. The summed E-state index contributed by atoms with van der Waals surface area (Å²) in [5.41, 5.74) is 7.03. The van der Waals surface area contributed by atoms with Gasteiger partial charge in [0.1, 0.15) is 5.75 Å². The molecule has 5 heteroatoms. The van der Waals surface area contributed by atoms with E-state index in [4.69, 9.17) is 15.2 Å². The standard InChI is InChI=1S/C16H26N2O3/c1-4-15(17)13-6-8-14(9-7-13)21-12(2)16(19)18-10-5-11-20-3/h6-9,12,15H,4-5,10-11,17H2,1-3H3,(H,18,19)/t12?,15-/m1/s1. The van der Waals surface area contributed by atoms with Crippen LogP contribution in [-0.2, 0) is 9.53 Å². The van der Waals surface area contributed by atoms with Crippen molar-refractivity contribution in [3.8, 4) is 5.75 Å². The Morgan fingerprint density at radius 3 is 2.57 bits per heavy atom. The summed E-state index contributed by atoms with van der Waals surface area (Å²) in [6, 6.07) is 7.61. The number of hydrogen-bond donors (Lipinski definition) is 2. The monoisotopic (exact) mass is 294 g/mol. The number of carbonyl (C=O) groups is 1. The second kappa shape index (κ2) is 9.37. The molecule has 0 spiro atoms. The van der Waals surface area contributed by atoms with Crippen molar-refractivity contribution in [1.82, 2.24) is 5.32 Å². The van der Waals surface area contributed by atoms with Crippen LogP contribution in [0.2, 0.25) is 0 Å². The van der Waals surface area contributed by atoms with E-state index in [2.05, 4.69) is 5.32 Å². The van der Waals surface area contributed by atoms with Gasteiger partial charge in [-0.15, -0.1) is 0 Å². The average molecular weight is 294 g/mol. The molecule has 0 aliphatic rings. The van der Waals surface area contributed by atoms with Gasteiger partial charge in [-0.1, -0.05) is 19.1 Å². The number of nitrogens with one attached hydrogen (secondary N) is 1. The van der Waals surface area contributed by atoms with Crippen LogP contribution in [-0.4, -0.2) is 32.3 Å². The van der Waals surface area contributed by atoms with Crippen LogP contribution in [0.3, 0.4) is 0 Å². The van der Waals surface area contributed by atoms with E-state index in [9.17, 15) is 4.79 Å². The Bertz CT molecular complexity index is 420. The van der Waals surface area contributed by atoms with Gasteiger partial charge in [-0.3, -0.25) is 4.79 Å². The lowest BCUT2D eigenvalue weighted by molar-refractivity contribution is -0.127. The molecule has 118 valence electrons.